The Morgan fingerprint density at radius 2 is 2.35 bits per heavy atom. The van der Waals surface area contributed by atoms with Gasteiger partial charge >= 0.3 is 0 Å². The van der Waals surface area contributed by atoms with E-state index < -0.39 is 0 Å². The van der Waals surface area contributed by atoms with Gasteiger partial charge in [0.25, 0.3) is 0 Å². The minimum atomic E-state index is 0.186. The Kier molecular flexibility index (Phi) is 3.23. The maximum absolute atomic E-state index is 11.1. The molecule has 89 valence electrons. The predicted octanol–water partition coefficient (Wildman–Crippen LogP) is 1.78. The number of piperidine rings is 1. The van der Waals surface area contributed by atoms with E-state index in [0.29, 0.717) is 11.5 Å². The van der Waals surface area contributed by atoms with Crippen molar-refractivity contribution in [1.29, 1.82) is 0 Å². The molecular formula is C13H18BN2O. The van der Waals surface area contributed by atoms with Crippen molar-refractivity contribution in [2.24, 2.45) is 10.4 Å². The van der Waals surface area contributed by atoms with Crippen LogP contribution in [0.15, 0.2) is 29.9 Å². The molecule has 0 spiro atoms. The molecule has 0 N–H and O–H groups in total. The summed E-state index contributed by atoms with van der Waals surface area (Å²) in [6, 6.07) is 0.442. The molecule has 1 heterocycles. The lowest BCUT2D eigenvalue weighted by Crippen LogP contribution is -2.39. The highest BCUT2D eigenvalue weighted by atomic mass is 16.1. The molecule has 2 rings (SSSR count). The van der Waals surface area contributed by atoms with Crippen LogP contribution >= 0.6 is 0 Å². The van der Waals surface area contributed by atoms with E-state index in [1.165, 1.54) is 6.20 Å². The van der Waals surface area contributed by atoms with Gasteiger partial charge in [0.05, 0.1) is 0 Å². The van der Waals surface area contributed by atoms with Gasteiger partial charge in [0.1, 0.15) is 0 Å². The van der Waals surface area contributed by atoms with Crippen LogP contribution in [0.3, 0.4) is 0 Å². The third kappa shape index (κ3) is 2.21. The first-order valence-corrected chi connectivity index (χ1v) is 6.03. The average molecular weight is 229 g/mol. The van der Waals surface area contributed by atoms with Crippen molar-refractivity contribution in [1.82, 2.24) is 4.90 Å². The van der Waals surface area contributed by atoms with Crippen molar-refractivity contribution in [3.63, 3.8) is 0 Å². The van der Waals surface area contributed by atoms with Crippen molar-refractivity contribution >= 4 is 19.3 Å². The van der Waals surface area contributed by atoms with Crippen molar-refractivity contribution in [2.45, 2.75) is 38.7 Å². The molecule has 1 aliphatic heterocycles. The van der Waals surface area contributed by atoms with Crippen molar-refractivity contribution in [3.8, 4) is 0 Å². The standard InChI is InChI=1S/C13H18BN2O/c1-4-6-11(15-5-2)14-12-8-13(3)7-10(13)16(12)9-17/h4-6,9-10,12H,2,7-8H2,1,3H3/b6-4-,15-11?/t10-,12+,13-/m1/s1. The SMILES string of the molecule is C=CN=C([B][C@@H]1C[C@@]2(C)C[C@H]2N1C=O)/C=C\C. The van der Waals surface area contributed by atoms with E-state index in [2.05, 4.69) is 25.8 Å². The van der Waals surface area contributed by atoms with Gasteiger partial charge in [0.2, 0.25) is 13.7 Å². The van der Waals surface area contributed by atoms with Crippen LogP contribution in [0.4, 0.5) is 0 Å². The monoisotopic (exact) mass is 229 g/mol. The number of likely N-dealkylation sites (tertiary alicyclic amines) is 1. The Morgan fingerprint density at radius 3 is 2.94 bits per heavy atom. The van der Waals surface area contributed by atoms with Crippen LogP contribution in [0.25, 0.3) is 0 Å². The van der Waals surface area contributed by atoms with Crippen molar-refractivity contribution < 1.29 is 4.79 Å². The highest BCUT2D eigenvalue weighted by Gasteiger charge is 2.61. The molecule has 0 aromatic rings. The van der Waals surface area contributed by atoms with Gasteiger partial charge in [-0.2, -0.15) is 0 Å². The van der Waals surface area contributed by atoms with Gasteiger partial charge in [-0.25, -0.2) is 0 Å². The van der Waals surface area contributed by atoms with E-state index in [-0.39, 0.29) is 5.94 Å². The van der Waals surface area contributed by atoms with Crippen molar-refractivity contribution in [2.75, 3.05) is 0 Å². The van der Waals surface area contributed by atoms with E-state index in [9.17, 15) is 4.79 Å². The van der Waals surface area contributed by atoms with Gasteiger partial charge in [-0.3, -0.25) is 9.79 Å². The van der Waals surface area contributed by atoms with Crippen LogP contribution in [0.5, 0.6) is 0 Å². The molecule has 3 atom stereocenters. The number of hydrogen-bond acceptors (Lipinski definition) is 2. The Morgan fingerprint density at radius 1 is 1.59 bits per heavy atom. The minimum absolute atomic E-state index is 0.186. The molecule has 4 heteroatoms. The normalized spacial score (nSPS) is 35.9. The molecule has 0 aromatic heterocycles. The van der Waals surface area contributed by atoms with Crippen LogP contribution in [-0.4, -0.2) is 36.2 Å². The second-order valence-electron chi connectivity index (χ2n) is 5.10. The molecule has 0 unspecified atom stereocenters. The zero-order valence-corrected chi connectivity index (χ0v) is 10.5. The maximum Gasteiger partial charge on any atom is 0.209 e. The van der Waals surface area contributed by atoms with E-state index in [1.807, 2.05) is 24.0 Å². The van der Waals surface area contributed by atoms with Gasteiger partial charge in [-0.15, -0.1) is 0 Å². The summed E-state index contributed by atoms with van der Waals surface area (Å²) in [5, 5.41) is 0. The summed E-state index contributed by atoms with van der Waals surface area (Å²) in [4.78, 5) is 17.3. The number of allylic oxidation sites excluding steroid dienone is 2. The van der Waals surface area contributed by atoms with Gasteiger partial charge in [0.15, 0.2) is 0 Å². The highest BCUT2D eigenvalue weighted by molar-refractivity contribution is 6.79. The Balaban J connectivity index is 2.06. The first-order valence-electron chi connectivity index (χ1n) is 6.03. The number of amides is 1. The van der Waals surface area contributed by atoms with Gasteiger partial charge < -0.3 is 4.90 Å². The second kappa shape index (κ2) is 4.51. The Hall–Kier alpha value is -1.32. The van der Waals surface area contributed by atoms with Crippen LogP contribution in [0.2, 0.25) is 0 Å². The zero-order chi connectivity index (χ0) is 12.5. The molecule has 1 saturated carbocycles. The van der Waals surface area contributed by atoms with Gasteiger partial charge in [0, 0.05) is 18.2 Å². The molecule has 0 bridgehead atoms. The molecular weight excluding hydrogens is 211 g/mol. The van der Waals surface area contributed by atoms with Gasteiger partial charge in [-0.1, -0.05) is 25.7 Å². The number of carbonyl (C=O) groups is 1. The summed E-state index contributed by atoms with van der Waals surface area (Å²) in [5.41, 5.74) is 1.22. The molecule has 2 aliphatic rings. The summed E-state index contributed by atoms with van der Waals surface area (Å²) in [7, 11) is 2.06. The molecule has 1 saturated heterocycles. The number of rotatable bonds is 5. The van der Waals surface area contributed by atoms with E-state index in [4.69, 9.17) is 0 Å². The fourth-order valence-corrected chi connectivity index (χ4v) is 2.79. The minimum Gasteiger partial charge on any atom is -0.346 e. The Bertz CT molecular complexity index is 391. The summed E-state index contributed by atoms with van der Waals surface area (Å²) in [6.07, 6.45) is 8.59. The van der Waals surface area contributed by atoms with Crippen LogP contribution in [0, 0.1) is 5.41 Å². The van der Waals surface area contributed by atoms with Crippen LogP contribution in [0.1, 0.15) is 26.7 Å². The zero-order valence-electron chi connectivity index (χ0n) is 10.5. The number of hydrogen-bond donors (Lipinski definition) is 0. The van der Waals surface area contributed by atoms with Crippen LogP contribution < -0.4 is 0 Å². The number of fused-ring (bicyclic) bond motifs is 1. The quantitative estimate of drug-likeness (QED) is 0.401. The first-order chi connectivity index (χ1) is 8.14. The molecule has 3 nitrogen and oxygen atoms in total. The van der Waals surface area contributed by atoms with E-state index in [0.717, 1.165) is 24.9 Å². The lowest BCUT2D eigenvalue weighted by atomic mass is 9.62. The molecule has 0 aromatic carbocycles. The largest absolute Gasteiger partial charge is 0.346 e. The number of nitrogens with zero attached hydrogens (tertiary/aromatic N) is 2. The fourth-order valence-electron chi connectivity index (χ4n) is 2.79. The third-order valence-corrected chi connectivity index (χ3v) is 3.78. The molecule has 2 fully saturated rings. The molecule has 1 radical (unpaired) electrons. The summed E-state index contributed by atoms with van der Waals surface area (Å²) in [5.74, 6) is 0.186. The van der Waals surface area contributed by atoms with Gasteiger partial charge in [-0.05, 0) is 30.8 Å². The fraction of sp³-hybridized carbons (Fsp3) is 0.538. The predicted molar refractivity (Wildman–Crippen MR) is 71.0 cm³/mol. The summed E-state index contributed by atoms with van der Waals surface area (Å²) >= 11 is 0. The first kappa shape index (κ1) is 12.2. The summed E-state index contributed by atoms with van der Waals surface area (Å²) < 4.78 is 0. The van der Waals surface area contributed by atoms with Crippen LogP contribution in [-0.2, 0) is 4.79 Å². The lowest BCUT2D eigenvalue weighted by Gasteiger charge is -2.22. The highest BCUT2D eigenvalue weighted by Crippen LogP contribution is 2.58. The Labute approximate surface area is 104 Å². The smallest absolute Gasteiger partial charge is 0.209 e. The lowest BCUT2D eigenvalue weighted by molar-refractivity contribution is -0.118. The van der Waals surface area contributed by atoms with Crippen molar-refractivity contribution in [3.05, 3.63) is 24.9 Å². The number of aliphatic imine (C=N–C) groups is 1. The second-order valence-corrected chi connectivity index (χ2v) is 5.10. The molecule has 17 heavy (non-hydrogen) atoms. The van der Waals surface area contributed by atoms with E-state index in [1.54, 1.807) is 0 Å². The summed E-state index contributed by atoms with van der Waals surface area (Å²) in [6.45, 7) is 7.82. The molecule has 1 aliphatic carbocycles. The average Bonchev–Trinajstić information content (AvgIpc) is 2.84. The number of carbonyl (C=O) groups excluding carboxylic acids is 1. The van der Waals surface area contributed by atoms with E-state index >= 15 is 0 Å². The molecule has 1 amide bonds. The maximum atomic E-state index is 11.1. The third-order valence-electron chi connectivity index (χ3n) is 3.78. The topological polar surface area (TPSA) is 32.7 Å².